The fraction of sp³-hybridized carbons (Fsp3) is 0.562. The Hall–Kier alpha value is -2.16. The van der Waals surface area contributed by atoms with Gasteiger partial charge in [0.05, 0.1) is 30.6 Å². The second kappa shape index (κ2) is 6.29. The van der Waals surface area contributed by atoms with Gasteiger partial charge in [-0.1, -0.05) is 0 Å². The highest BCUT2D eigenvalue weighted by Gasteiger charge is 2.51. The SMILES string of the molecule is CNC(=O)CC1(NC(=O)c2cc(OC)c(C3CC3)cn2)CS(=O)(=O)C1. The number of pyridine rings is 1. The standard InChI is InChI=1S/C16H21N3O5S/c1-17-14(20)6-16(8-25(22,23)9-16)19-15(21)12-5-13(24-2)11(7-18-12)10-3-4-10/h5,7,10H,3-4,6,8-9H2,1-2H3,(H,17,20)(H,19,21). The quantitative estimate of drug-likeness (QED) is 0.731. The van der Waals surface area contributed by atoms with Crippen LogP contribution in [0.4, 0.5) is 0 Å². The summed E-state index contributed by atoms with van der Waals surface area (Å²) >= 11 is 0. The Kier molecular flexibility index (Phi) is 4.44. The molecule has 8 nitrogen and oxygen atoms in total. The summed E-state index contributed by atoms with van der Waals surface area (Å²) in [5.74, 6) is -0.322. The Morgan fingerprint density at radius 3 is 2.56 bits per heavy atom. The van der Waals surface area contributed by atoms with Crippen LogP contribution in [0.3, 0.4) is 0 Å². The molecule has 1 saturated carbocycles. The lowest BCUT2D eigenvalue weighted by Gasteiger charge is -2.41. The number of carbonyl (C=O) groups is 2. The Labute approximate surface area is 146 Å². The minimum Gasteiger partial charge on any atom is -0.496 e. The molecule has 1 saturated heterocycles. The fourth-order valence-electron chi connectivity index (χ4n) is 3.17. The van der Waals surface area contributed by atoms with Crippen molar-refractivity contribution in [2.75, 3.05) is 25.7 Å². The van der Waals surface area contributed by atoms with E-state index in [-0.39, 0.29) is 29.5 Å². The van der Waals surface area contributed by atoms with Crippen molar-refractivity contribution in [2.24, 2.45) is 0 Å². The molecule has 0 unspecified atom stereocenters. The van der Waals surface area contributed by atoms with E-state index in [2.05, 4.69) is 15.6 Å². The highest BCUT2D eigenvalue weighted by Crippen LogP contribution is 2.44. The van der Waals surface area contributed by atoms with Crippen molar-refractivity contribution in [1.29, 1.82) is 0 Å². The molecule has 2 fully saturated rings. The minimum absolute atomic E-state index is 0.0915. The van der Waals surface area contributed by atoms with Crippen LogP contribution in [0.1, 0.15) is 41.2 Å². The van der Waals surface area contributed by atoms with Gasteiger partial charge in [-0.3, -0.25) is 14.6 Å². The van der Waals surface area contributed by atoms with E-state index in [1.807, 2.05) is 0 Å². The van der Waals surface area contributed by atoms with Gasteiger partial charge in [0.15, 0.2) is 9.84 Å². The molecule has 2 N–H and O–H groups in total. The second-order valence-electron chi connectivity index (χ2n) is 6.70. The van der Waals surface area contributed by atoms with E-state index >= 15 is 0 Å². The lowest BCUT2D eigenvalue weighted by atomic mass is 9.98. The van der Waals surface area contributed by atoms with Gasteiger partial charge < -0.3 is 15.4 Å². The van der Waals surface area contributed by atoms with E-state index in [1.54, 1.807) is 12.3 Å². The van der Waals surface area contributed by atoms with Gasteiger partial charge in [0.1, 0.15) is 11.4 Å². The number of methoxy groups -OCH3 is 1. The number of hydrogen-bond donors (Lipinski definition) is 2. The first-order chi connectivity index (χ1) is 11.8. The van der Waals surface area contributed by atoms with E-state index in [4.69, 9.17) is 4.74 Å². The number of rotatable bonds is 6. The number of sulfone groups is 1. The molecule has 0 radical (unpaired) electrons. The second-order valence-corrected chi connectivity index (χ2v) is 8.77. The van der Waals surface area contributed by atoms with Crippen molar-refractivity contribution in [3.8, 4) is 5.75 Å². The Morgan fingerprint density at radius 2 is 2.04 bits per heavy atom. The highest BCUT2D eigenvalue weighted by atomic mass is 32.2. The van der Waals surface area contributed by atoms with Gasteiger partial charge in [-0.25, -0.2) is 8.42 Å². The van der Waals surface area contributed by atoms with Gasteiger partial charge >= 0.3 is 0 Å². The molecule has 9 heteroatoms. The summed E-state index contributed by atoms with van der Waals surface area (Å²) in [6.45, 7) is 0. The zero-order valence-corrected chi connectivity index (χ0v) is 15.0. The Morgan fingerprint density at radius 1 is 1.36 bits per heavy atom. The van der Waals surface area contributed by atoms with Crippen molar-refractivity contribution < 1.29 is 22.7 Å². The average molecular weight is 367 g/mol. The molecule has 0 bridgehead atoms. The molecular weight excluding hydrogens is 346 g/mol. The Bertz CT molecular complexity index is 805. The predicted octanol–water partition coefficient (Wildman–Crippen LogP) is 0.000700. The molecule has 0 spiro atoms. The Balaban J connectivity index is 1.78. The number of nitrogens with zero attached hydrogens (tertiary/aromatic N) is 1. The maximum Gasteiger partial charge on any atom is 0.270 e. The van der Waals surface area contributed by atoms with Crippen molar-refractivity contribution in [3.05, 3.63) is 23.5 Å². The molecule has 1 aromatic rings. The number of nitrogens with one attached hydrogen (secondary N) is 2. The summed E-state index contributed by atoms with van der Waals surface area (Å²) in [6.07, 6.45) is 3.70. The topological polar surface area (TPSA) is 114 Å². The fourth-order valence-corrected chi connectivity index (χ4v) is 5.12. The number of hydrogen-bond acceptors (Lipinski definition) is 6. The van der Waals surface area contributed by atoms with E-state index < -0.39 is 21.3 Å². The van der Waals surface area contributed by atoms with Crippen molar-refractivity contribution in [1.82, 2.24) is 15.6 Å². The first-order valence-electron chi connectivity index (χ1n) is 8.05. The number of ether oxygens (including phenoxy) is 1. The molecule has 25 heavy (non-hydrogen) atoms. The van der Waals surface area contributed by atoms with Crippen LogP contribution in [0.2, 0.25) is 0 Å². The summed E-state index contributed by atoms with van der Waals surface area (Å²) in [6, 6.07) is 1.56. The van der Waals surface area contributed by atoms with Crippen LogP contribution in [-0.4, -0.2) is 56.4 Å². The van der Waals surface area contributed by atoms with Crippen molar-refractivity contribution >= 4 is 21.7 Å². The average Bonchev–Trinajstić information content (AvgIpc) is 3.36. The molecule has 0 aromatic carbocycles. The third-order valence-corrected chi connectivity index (χ3v) is 6.50. The lowest BCUT2D eigenvalue weighted by molar-refractivity contribution is -0.121. The van der Waals surface area contributed by atoms with Crippen LogP contribution in [0, 0.1) is 0 Å². The number of amides is 2. The minimum atomic E-state index is -3.23. The largest absolute Gasteiger partial charge is 0.496 e. The van der Waals surface area contributed by atoms with Gasteiger partial charge in [-0.2, -0.15) is 0 Å². The van der Waals surface area contributed by atoms with Crippen LogP contribution in [0.5, 0.6) is 5.75 Å². The van der Waals surface area contributed by atoms with Crippen molar-refractivity contribution in [3.63, 3.8) is 0 Å². The molecule has 136 valence electrons. The zero-order chi connectivity index (χ0) is 18.2. The van der Waals surface area contributed by atoms with Crippen LogP contribution in [0.25, 0.3) is 0 Å². The molecule has 2 heterocycles. The zero-order valence-electron chi connectivity index (χ0n) is 14.2. The van der Waals surface area contributed by atoms with Gasteiger partial charge in [0, 0.05) is 24.9 Å². The summed E-state index contributed by atoms with van der Waals surface area (Å²) in [7, 11) is -0.231. The maximum absolute atomic E-state index is 12.5. The summed E-state index contributed by atoms with van der Waals surface area (Å²) in [5, 5.41) is 5.14. The van der Waals surface area contributed by atoms with Crippen LogP contribution in [-0.2, 0) is 14.6 Å². The normalized spacial score (nSPS) is 20.2. The van der Waals surface area contributed by atoms with Crippen LogP contribution >= 0.6 is 0 Å². The van der Waals surface area contributed by atoms with E-state index in [0.717, 1.165) is 18.4 Å². The first-order valence-corrected chi connectivity index (χ1v) is 9.87. The van der Waals surface area contributed by atoms with Gasteiger partial charge in [0.2, 0.25) is 5.91 Å². The molecule has 0 atom stereocenters. The molecular formula is C16H21N3O5S. The summed E-state index contributed by atoms with van der Waals surface area (Å²) < 4.78 is 28.5. The summed E-state index contributed by atoms with van der Waals surface area (Å²) in [4.78, 5) is 28.4. The monoisotopic (exact) mass is 367 g/mol. The molecule has 1 aliphatic carbocycles. The number of carbonyl (C=O) groups excluding carboxylic acids is 2. The van der Waals surface area contributed by atoms with Crippen LogP contribution < -0.4 is 15.4 Å². The third-order valence-electron chi connectivity index (χ3n) is 4.51. The highest BCUT2D eigenvalue weighted by molar-refractivity contribution is 7.93. The van der Waals surface area contributed by atoms with Crippen LogP contribution in [0.15, 0.2) is 12.3 Å². The van der Waals surface area contributed by atoms with E-state index in [1.165, 1.54) is 14.2 Å². The van der Waals surface area contributed by atoms with Gasteiger partial charge in [-0.15, -0.1) is 0 Å². The number of aromatic nitrogens is 1. The lowest BCUT2D eigenvalue weighted by Crippen LogP contribution is -2.66. The van der Waals surface area contributed by atoms with Gasteiger partial charge in [-0.05, 0) is 18.8 Å². The third kappa shape index (κ3) is 3.76. The molecule has 1 aromatic heterocycles. The van der Waals surface area contributed by atoms with E-state index in [9.17, 15) is 18.0 Å². The molecule has 1 aliphatic heterocycles. The predicted molar refractivity (Wildman–Crippen MR) is 90.3 cm³/mol. The summed E-state index contributed by atoms with van der Waals surface area (Å²) in [5.41, 5.74) is 0.0345. The first kappa shape index (κ1) is 17.7. The molecule has 2 aliphatic rings. The smallest absolute Gasteiger partial charge is 0.270 e. The van der Waals surface area contributed by atoms with E-state index in [0.29, 0.717) is 11.7 Å². The van der Waals surface area contributed by atoms with Gasteiger partial charge in [0.25, 0.3) is 5.91 Å². The molecule has 3 rings (SSSR count). The maximum atomic E-state index is 12.5. The molecule has 2 amide bonds. The van der Waals surface area contributed by atoms with Crippen molar-refractivity contribution in [2.45, 2.75) is 30.7 Å².